The van der Waals surface area contributed by atoms with Crippen LogP contribution in [0.4, 0.5) is 0 Å². The van der Waals surface area contributed by atoms with Crippen LogP contribution in [-0.4, -0.2) is 39.6 Å². The molecule has 0 saturated carbocycles. The predicted octanol–water partition coefficient (Wildman–Crippen LogP) is 3.36. The van der Waals surface area contributed by atoms with Gasteiger partial charge in [0.2, 0.25) is 0 Å². The molecule has 1 heterocycles. The van der Waals surface area contributed by atoms with Gasteiger partial charge in [0.15, 0.2) is 0 Å². The van der Waals surface area contributed by atoms with Crippen LogP contribution >= 0.6 is 0 Å². The second kappa shape index (κ2) is 10.3. The van der Waals surface area contributed by atoms with Crippen molar-refractivity contribution >= 4 is 0 Å². The maximum atomic E-state index is 7.91. The molecule has 0 saturated heterocycles. The van der Waals surface area contributed by atoms with Gasteiger partial charge in [-0.2, -0.15) is 0 Å². The zero-order valence-electron chi connectivity index (χ0n) is 17.4. The van der Waals surface area contributed by atoms with Gasteiger partial charge in [0.25, 0.3) is 0 Å². The van der Waals surface area contributed by atoms with E-state index in [2.05, 4.69) is 0 Å². The molecule has 0 atom stereocenters. The van der Waals surface area contributed by atoms with Crippen molar-refractivity contribution in [2.24, 2.45) is 0 Å². The molecule has 25 heavy (non-hydrogen) atoms. The average Bonchev–Trinajstić information content (AvgIpc) is 2.68. The van der Waals surface area contributed by atoms with E-state index < -0.39 is 0 Å². The number of benzene rings is 2. The lowest BCUT2D eigenvalue weighted by atomic mass is 9.95. The predicted molar refractivity (Wildman–Crippen MR) is 96.6 cm³/mol. The maximum Gasteiger partial charge on any atom is 0.0720 e. The highest BCUT2D eigenvalue weighted by molar-refractivity contribution is 5.38. The van der Waals surface area contributed by atoms with Crippen LogP contribution in [0.15, 0.2) is 48.5 Å². The van der Waals surface area contributed by atoms with Gasteiger partial charge in [-0.1, -0.05) is 48.5 Å². The molecular formula is C21H26O4. The van der Waals surface area contributed by atoms with Crippen molar-refractivity contribution in [1.82, 2.24) is 0 Å². The molecule has 4 heteroatoms. The minimum atomic E-state index is -0.0468. The van der Waals surface area contributed by atoms with Crippen molar-refractivity contribution in [2.75, 3.05) is 39.6 Å². The summed E-state index contributed by atoms with van der Waals surface area (Å²) < 4.78 is 46.1. The number of hydrogen-bond acceptors (Lipinski definition) is 4. The zero-order valence-corrected chi connectivity index (χ0v) is 14.4. The lowest BCUT2D eigenvalue weighted by molar-refractivity contribution is -0.00523. The fourth-order valence-electron chi connectivity index (χ4n) is 2.75. The summed E-state index contributed by atoms with van der Waals surface area (Å²) in [6, 6.07) is 9.47. The fraction of sp³-hybridized carbons (Fsp3) is 0.429. The van der Waals surface area contributed by atoms with Crippen LogP contribution in [0.1, 0.15) is 26.4 Å². The van der Waals surface area contributed by atoms with E-state index >= 15 is 0 Å². The lowest BCUT2D eigenvalue weighted by Crippen LogP contribution is -2.11. The van der Waals surface area contributed by atoms with Gasteiger partial charge in [-0.3, -0.25) is 0 Å². The SMILES string of the molecule is [2H]c1cc(Cc2c3cccc2COCCOCCOCCOC3)cc([2H])c1[2H]. The third-order valence-electron chi connectivity index (χ3n) is 4.04. The monoisotopic (exact) mass is 345 g/mol. The maximum absolute atomic E-state index is 7.91. The quantitative estimate of drug-likeness (QED) is 0.836. The topological polar surface area (TPSA) is 36.9 Å². The fourth-order valence-corrected chi connectivity index (χ4v) is 2.75. The van der Waals surface area contributed by atoms with Crippen LogP contribution in [0.25, 0.3) is 0 Å². The van der Waals surface area contributed by atoms with Gasteiger partial charge in [-0.05, 0) is 28.7 Å². The van der Waals surface area contributed by atoms with E-state index in [0.717, 1.165) is 22.3 Å². The minimum Gasteiger partial charge on any atom is -0.377 e. The van der Waals surface area contributed by atoms with Gasteiger partial charge in [-0.15, -0.1) is 0 Å². The van der Waals surface area contributed by atoms with E-state index in [1.165, 1.54) is 0 Å². The Labute approximate surface area is 153 Å². The molecule has 0 fully saturated rings. The second-order valence-electron chi connectivity index (χ2n) is 5.84. The molecule has 0 amide bonds. The summed E-state index contributed by atoms with van der Waals surface area (Å²) in [5.41, 5.74) is 4.03. The molecule has 0 N–H and O–H groups in total. The van der Waals surface area contributed by atoms with Crippen LogP contribution in [0, 0.1) is 0 Å². The number of rotatable bonds is 2. The summed E-state index contributed by atoms with van der Waals surface area (Å²) in [4.78, 5) is 0. The van der Waals surface area contributed by atoms with Gasteiger partial charge in [0.1, 0.15) is 0 Å². The summed E-state index contributed by atoms with van der Waals surface area (Å²) in [5.74, 6) is 0. The van der Waals surface area contributed by atoms with Crippen LogP contribution in [0.2, 0.25) is 0 Å². The Balaban J connectivity index is 1.84. The standard InChI is InChI=1S/C21H26O4/c1-2-5-18(6-3-1)15-21-19-7-4-8-20(21)17-25-14-12-23-10-9-22-11-13-24-16-19/h1-8H,9-17H2/i1D,2D,3D. The highest BCUT2D eigenvalue weighted by Crippen LogP contribution is 2.21. The molecule has 1 aliphatic rings. The number of ether oxygens (including phenoxy) is 4. The van der Waals surface area contributed by atoms with Crippen LogP contribution in [0.5, 0.6) is 0 Å². The highest BCUT2D eigenvalue weighted by Gasteiger charge is 2.10. The van der Waals surface area contributed by atoms with Crippen molar-refractivity contribution in [3.63, 3.8) is 0 Å². The second-order valence-corrected chi connectivity index (χ2v) is 5.84. The van der Waals surface area contributed by atoms with E-state index in [4.69, 9.17) is 23.1 Å². The molecule has 3 rings (SSSR count). The molecule has 0 aliphatic carbocycles. The van der Waals surface area contributed by atoms with Gasteiger partial charge >= 0.3 is 0 Å². The van der Waals surface area contributed by atoms with Crippen LogP contribution in [-0.2, 0) is 38.6 Å². The average molecular weight is 345 g/mol. The zero-order chi connectivity index (χ0) is 19.8. The Bertz CT molecular complexity index is 727. The van der Waals surface area contributed by atoms with E-state index in [1.807, 2.05) is 18.2 Å². The molecule has 4 nitrogen and oxygen atoms in total. The first-order valence-corrected chi connectivity index (χ1v) is 8.62. The Morgan fingerprint density at radius 2 is 1.20 bits per heavy atom. The van der Waals surface area contributed by atoms with Gasteiger partial charge in [0.05, 0.1) is 57.0 Å². The largest absolute Gasteiger partial charge is 0.377 e. The van der Waals surface area contributed by atoms with E-state index in [1.54, 1.807) is 12.1 Å². The molecule has 2 bridgehead atoms. The molecule has 134 valence electrons. The smallest absolute Gasteiger partial charge is 0.0720 e. The van der Waals surface area contributed by atoms with Gasteiger partial charge < -0.3 is 18.9 Å². The van der Waals surface area contributed by atoms with Crippen molar-refractivity contribution in [3.8, 4) is 0 Å². The molecule has 0 aromatic heterocycles. The third kappa shape index (κ3) is 5.94. The van der Waals surface area contributed by atoms with Crippen LogP contribution in [0.3, 0.4) is 0 Å². The summed E-state index contributed by atoms with van der Waals surface area (Å²) in [6.07, 6.45) is 0.559. The number of hydrogen-bond donors (Lipinski definition) is 0. The minimum absolute atomic E-state index is 0.0468. The molecule has 2 aromatic carbocycles. The van der Waals surface area contributed by atoms with E-state index in [0.29, 0.717) is 59.3 Å². The molecule has 0 unspecified atom stereocenters. The molecule has 2 aromatic rings. The Hall–Kier alpha value is -1.72. The summed E-state index contributed by atoms with van der Waals surface area (Å²) in [7, 11) is 0. The van der Waals surface area contributed by atoms with Gasteiger partial charge in [0, 0.05) is 0 Å². The Morgan fingerprint density at radius 3 is 1.76 bits per heavy atom. The van der Waals surface area contributed by atoms with Crippen molar-refractivity contribution < 1.29 is 23.1 Å². The summed E-state index contributed by atoms with van der Waals surface area (Å²) in [5, 5.41) is 0. The normalized spacial score (nSPS) is 19.1. The highest BCUT2D eigenvalue weighted by atomic mass is 16.6. The van der Waals surface area contributed by atoms with Crippen molar-refractivity contribution in [3.05, 3.63) is 70.7 Å². The molecular weight excluding hydrogens is 316 g/mol. The first-order chi connectivity index (χ1) is 13.6. The number of fused-ring (bicyclic) bond motifs is 2. The Morgan fingerprint density at radius 1 is 0.680 bits per heavy atom. The Kier molecular flexibility index (Phi) is 5.96. The van der Waals surface area contributed by atoms with Crippen LogP contribution < -0.4 is 0 Å². The van der Waals surface area contributed by atoms with Crippen molar-refractivity contribution in [1.29, 1.82) is 0 Å². The van der Waals surface area contributed by atoms with E-state index in [9.17, 15) is 0 Å². The van der Waals surface area contributed by atoms with E-state index in [-0.39, 0.29) is 18.1 Å². The molecule has 1 aliphatic heterocycles. The molecule has 0 radical (unpaired) electrons. The molecule has 0 spiro atoms. The first kappa shape index (κ1) is 14.4. The lowest BCUT2D eigenvalue weighted by Gasteiger charge is -2.16. The third-order valence-corrected chi connectivity index (χ3v) is 4.04. The van der Waals surface area contributed by atoms with Crippen molar-refractivity contribution in [2.45, 2.75) is 19.6 Å². The summed E-state index contributed by atoms with van der Waals surface area (Å²) in [6.45, 7) is 4.04. The first-order valence-electron chi connectivity index (χ1n) is 10.1. The summed E-state index contributed by atoms with van der Waals surface area (Å²) >= 11 is 0. The van der Waals surface area contributed by atoms with Gasteiger partial charge in [-0.25, -0.2) is 0 Å².